The van der Waals surface area contributed by atoms with Crippen molar-refractivity contribution in [2.75, 3.05) is 32.7 Å². The van der Waals surface area contributed by atoms with E-state index in [1.54, 1.807) is 0 Å². The number of nitrogens with zero attached hydrogens (tertiary/aromatic N) is 3. The van der Waals surface area contributed by atoms with E-state index in [1.165, 1.54) is 16.0 Å². The van der Waals surface area contributed by atoms with Gasteiger partial charge in [-0.1, -0.05) is 51.1 Å². The smallest absolute Gasteiger partial charge is 0.236 e. The Morgan fingerprint density at radius 1 is 1.03 bits per heavy atom. The van der Waals surface area contributed by atoms with Crippen molar-refractivity contribution in [3.8, 4) is 0 Å². The number of rotatable bonds is 4. The Labute approximate surface area is 196 Å². The molecule has 4 rings (SSSR count). The molecule has 2 amide bonds. The summed E-state index contributed by atoms with van der Waals surface area (Å²) in [7, 11) is 0. The molecule has 32 heavy (non-hydrogen) atoms. The SMILES string of the molecule is C[C@H]1CN(C(=O)CN2CCc3sccc3[C@H]2c2ccccc2)CCN1C(=O)CC(C)(C)C. The van der Waals surface area contributed by atoms with Crippen LogP contribution in [0.1, 0.15) is 56.2 Å². The fraction of sp³-hybridized carbons (Fsp3) is 0.538. The molecule has 0 radical (unpaired) electrons. The van der Waals surface area contributed by atoms with Crippen LogP contribution in [-0.4, -0.2) is 65.3 Å². The van der Waals surface area contributed by atoms with Crippen LogP contribution in [0, 0.1) is 5.41 Å². The second-order valence-electron chi connectivity index (χ2n) is 10.3. The minimum atomic E-state index is -0.0228. The van der Waals surface area contributed by atoms with Gasteiger partial charge in [0.25, 0.3) is 0 Å². The summed E-state index contributed by atoms with van der Waals surface area (Å²) in [5, 5.41) is 2.17. The molecule has 0 saturated carbocycles. The van der Waals surface area contributed by atoms with Crippen LogP contribution in [0.3, 0.4) is 0 Å². The van der Waals surface area contributed by atoms with E-state index in [1.807, 2.05) is 27.2 Å². The van der Waals surface area contributed by atoms with Gasteiger partial charge in [0.2, 0.25) is 11.8 Å². The molecular weight excluding hydrogens is 418 g/mol. The molecule has 172 valence electrons. The van der Waals surface area contributed by atoms with Gasteiger partial charge in [0.1, 0.15) is 0 Å². The van der Waals surface area contributed by atoms with Crippen LogP contribution in [0.2, 0.25) is 0 Å². The Balaban J connectivity index is 1.43. The zero-order valence-electron chi connectivity index (χ0n) is 19.7. The molecule has 0 spiro atoms. The first-order valence-corrected chi connectivity index (χ1v) is 12.5. The summed E-state index contributed by atoms with van der Waals surface area (Å²) in [4.78, 5) is 33.7. The van der Waals surface area contributed by atoms with Crippen LogP contribution >= 0.6 is 11.3 Å². The lowest BCUT2D eigenvalue weighted by Crippen LogP contribution is -2.57. The van der Waals surface area contributed by atoms with E-state index in [4.69, 9.17) is 0 Å². The van der Waals surface area contributed by atoms with Crippen LogP contribution in [-0.2, 0) is 16.0 Å². The van der Waals surface area contributed by atoms with Crippen molar-refractivity contribution >= 4 is 23.2 Å². The maximum absolute atomic E-state index is 13.3. The van der Waals surface area contributed by atoms with Gasteiger partial charge in [0.15, 0.2) is 0 Å². The molecular formula is C26H35N3O2S. The van der Waals surface area contributed by atoms with Gasteiger partial charge in [-0.3, -0.25) is 14.5 Å². The first-order valence-electron chi connectivity index (χ1n) is 11.7. The standard InChI is InChI=1S/C26H35N3O2S/c1-19-17-27(13-14-29(19)23(30)16-26(2,3)4)24(31)18-28-12-10-22-21(11-15-32-22)25(28)20-8-6-5-7-9-20/h5-9,11,15,19,25H,10,12-14,16-18H2,1-4H3/t19-,25+/m0/s1. The maximum Gasteiger partial charge on any atom is 0.236 e. The van der Waals surface area contributed by atoms with Crippen LogP contribution in [0.4, 0.5) is 0 Å². The molecule has 2 atom stereocenters. The molecule has 1 fully saturated rings. The lowest BCUT2D eigenvalue weighted by atomic mass is 9.91. The van der Waals surface area contributed by atoms with Crippen molar-refractivity contribution in [2.45, 2.75) is 52.6 Å². The van der Waals surface area contributed by atoms with Crippen molar-refractivity contribution in [3.05, 3.63) is 57.8 Å². The van der Waals surface area contributed by atoms with Gasteiger partial charge in [-0.25, -0.2) is 0 Å². The van der Waals surface area contributed by atoms with E-state index >= 15 is 0 Å². The molecule has 1 aromatic carbocycles. The van der Waals surface area contributed by atoms with Crippen LogP contribution in [0.25, 0.3) is 0 Å². The highest BCUT2D eigenvalue weighted by Gasteiger charge is 2.35. The van der Waals surface area contributed by atoms with Crippen LogP contribution in [0.5, 0.6) is 0 Å². The summed E-state index contributed by atoms with van der Waals surface area (Å²) in [5.74, 6) is 0.363. The quantitative estimate of drug-likeness (QED) is 0.697. The number of piperazine rings is 1. The number of thiophene rings is 1. The van der Waals surface area contributed by atoms with Gasteiger partial charge in [0, 0.05) is 43.5 Å². The Hall–Kier alpha value is -2.18. The van der Waals surface area contributed by atoms with Gasteiger partial charge in [-0.15, -0.1) is 11.3 Å². The minimum Gasteiger partial charge on any atom is -0.338 e. The topological polar surface area (TPSA) is 43.9 Å². The predicted molar refractivity (Wildman–Crippen MR) is 130 cm³/mol. The molecule has 1 saturated heterocycles. The zero-order valence-corrected chi connectivity index (χ0v) is 20.5. The van der Waals surface area contributed by atoms with Crippen LogP contribution < -0.4 is 0 Å². The molecule has 3 heterocycles. The monoisotopic (exact) mass is 453 g/mol. The largest absolute Gasteiger partial charge is 0.338 e. The highest BCUT2D eigenvalue weighted by molar-refractivity contribution is 7.10. The highest BCUT2D eigenvalue weighted by Crippen LogP contribution is 2.37. The van der Waals surface area contributed by atoms with Gasteiger partial charge in [-0.05, 0) is 41.3 Å². The maximum atomic E-state index is 13.3. The van der Waals surface area contributed by atoms with E-state index in [9.17, 15) is 9.59 Å². The third-order valence-corrected chi connectivity index (χ3v) is 7.50. The molecule has 2 aromatic rings. The third kappa shape index (κ3) is 5.07. The van der Waals surface area contributed by atoms with E-state index in [2.05, 4.69) is 68.3 Å². The first-order chi connectivity index (χ1) is 15.2. The lowest BCUT2D eigenvalue weighted by molar-refractivity contribution is -0.144. The summed E-state index contributed by atoms with van der Waals surface area (Å²) in [6.45, 7) is 11.5. The van der Waals surface area contributed by atoms with Crippen molar-refractivity contribution in [1.29, 1.82) is 0 Å². The Bertz CT molecular complexity index is 949. The normalized spacial score (nSPS) is 22.0. The summed E-state index contributed by atoms with van der Waals surface area (Å²) in [6, 6.07) is 12.9. The zero-order chi connectivity index (χ0) is 22.9. The molecule has 0 aliphatic carbocycles. The summed E-state index contributed by atoms with van der Waals surface area (Å²) in [6.07, 6.45) is 1.54. The second-order valence-corrected chi connectivity index (χ2v) is 11.3. The average Bonchev–Trinajstić information content (AvgIpc) is 3.21. The van der Waals surface area contributed by atoms with Crippen molar-refractivity contribution in [2.24, 2.45) is 5.41 Å². The van der Waals surface area contributed by atoms with Gasteiger partial charge >= 0.3 is 0 Å². The number of benzene rings is 1. The molecule has 0 unspecified atom stereocenters. The van der Waals surface area contributed by atoms with E-state index in [-0.39, 0.29) is 29.3 Å². The molecule has 2 aliphatic rings. The minimum absolute atomic E-state index is 0.0228. The Morgan fingerprint density at radius 3 is 2.47 bits per heavy atom. The Kier molecular flexibility index (Phi) is 6.72. The molecule has 1 aromatic heterocycles. The average molecular weight is 454 g/mol. The summed E-state index contributed by atoms with van der Waals surface area (Å²) in [5.41, 5.74) is 2.56. The lowest BCUT2D eigenvalue weighted by Gasteiger charge is -2.42. The fourth-order valence-corrected chi connectivity index (χ4v) is 5.85. The summed E-state index contributed by atoms with van der Waals surface area (Å²) < 4.78 is 0. The van der Waals surface area contributed by atoms with E-state index in [0.29, 0.717) is 32.6 Å². The van der Waals surface area contributed by atoms with Gasteiger partial charge in [-0.2, -0.15) is 0 Å². The molecule has 0 N–H and O–H groups in total. The number of carbonyl (C=O) groups is 2. The predicted octanol–water partition coefficient (Wildman–Crippen LogP) is 4.19. The number of amides is 2. The van der Waals surface area contributed by atoms with Gasteiger partial charge < -0.3 is 9.80 Å². The number of hydrogen-bond donors (Lipinski definition) is 0. The van der Waals surface area contributed by atoms with Crippen molar-refractivity contribution in [1.82, 2.24) is 14.7 Å². The first kappa shape index (κ1) is 23.0. The molecule has 0 bridgehead atoms. The Morgan fingerprint density at radius 2 is 1.78 bits per heavy atom. The summed E-state index contributed by atoms with van der Waals surface area (Å²) >= 11 is 1.82. The van der Waals surface area contributed by atoms with Crippen molar-refractivity contribution < 1.29 is 9.59 Å². The van der Waals surface area contributed by atoms with Gasteiger partial charge in [0.05, 0.1) is 12.6 Å². The molecule has 5 nitrogen and oxygen atoms in total. The number of carbonyl (C=O) groups excluding carboxylic acids is 2. The third-order valence-electron chi connectivity index (χ3n) is 6.50. The van der Waals surface area contributed by atoms with E-state index < -0.39 is 0 Å². The molecule has 6 heteroatoms. The molecule has 2 aliphatic heterocycles. The van der Waals surface area contributed by atoms with Crippen molar-refractivity contribution in [3.63, 3.8) is 0 Å². The van der Waals surface area contributed by atoms with E-state index in [0.717, 1.165) is 13.0 Å². The fourth-order valence-electron chi connectivity index (χ4n) is 4.95. The van der Waals surface area contributed by atoms with Crippen LogP contribution in [0.15, 0.2) is 41.8 Å². The number of hydrogen-bond acceptors (Lipinski definition) is 4. The highest BCUT2D eigenvalue weighted by atomic mass is 32.1. The number of fused-ring (bicyclic) bond motifs is 1. The second kappa shape index (κ2) is 9.36.